The Bertz CT molecular complexity index is 1200. The van der Waals surface area contributed by atoms with Crippen LogP contribution in [0.5, 0.6) is 5.75 Å². The highest BCUT2D eigenvalue weighted by Crippen LogP contribution is 2.39. The van der Waals surface area contributed by atoms with Crippen LogP contribution in [0.3, 0.4) is 0 Å². The van der Waals surface area contributed by atoms with Gasteiger partial charge in [-0.05, 0) is 61.1 Å². The summed E-state index contributed by atoms with van der Waals surface area (Å²) in [6, 6.07) is 11.3. The Morgan fingerprint density at radius 2 is 1.86 bits per heavy atom. The molecule has 1 heterocycles. The van der Waals surface area contributed by atoms with Crippen molar-refractivity contribution in [1.29, 1.82) is 0 Å². The first-order valence-corrected chi connectivity index (χ1v) is 12.9. The summed E-state index contributed by atoms with van der Waals surface area (Å²) < 4.78 is 23.9. The van der Waals surface area contributed by atoms with Crippen LogP contribution in [-0.2, 0) is 4.79 Å². The smallest absolute Gasteiger partial charge is 0.280 e. The predicted molar refractivity (Wildman–Crippen MR) is 136 cm³/mol. The average Bonchev–Trinajstić information content (AvgIpc) is 3.48. The van der Waals surface area contributed by atoms with Crippen LogP contribution in [-0.4, -0.2) is 28.8 Å². The summed E-state index contributed by atoms with van der Waals surface area (Å²) in [6.45, 7) is 2.17. The number of nitrogens with one attached hydrogen (secondary N) is 1. The largest absolute Gasteiger partial charge is 0.492 e. The van der Waals surface area contributed by atoms with Gasteiger partial charge in [-0.15, -0.1) is 0 Å². The first-order chi connectivity index (χ1) is 16.9. The number of ether oxygens (including phenoxy) is 1. The van der Waals surface area contributed by atoms with Crippen LogP contribution in [0, 0.1) is 5.82 Å². The highest BCUT2D eigenvalue weighted by Gasteiger charge is 2.38. The standard InChI is InChI=1S/C25H24Cl2FN3O3S/c1-2-34-19-10-6-5-9-18(19)31(25(33)21-20(26)23(27)35-30-21)22(15-11-13-16(28)14-12-15)24(32)29-17-7-3-4-8-17/h5-6,9-14,17,22H,2-4,7-8H2,1H3,(H,29,32)/t22-/m1/s1. The van der Waals surface area contributed by atoms with Crippen LogP contribution in [0.2, 0.25) is 9.36 Å². The van der Waals surface area contributed by atoms with Crippen LogP contribution in [0.1, 0.15) is 54.7 Å². The zero-order valence-electron chi connectivity index (χ0n) is 19.0. The molecule has 0 unspecified atom stereocenters. The molecule has 0 radical (unpaired) electrons. The van der Waals surface area contributed by atoms with Gasteiger partial charge in [0.15, 0.2) is 5.69 Å². The van der Waals surface area contributed by atoms with E-state index in [-0.39, 0.29) is 27.0 Å². The maximum Gasteiger partial charge on any atom is 0.280 e. The normalized spacial score (nSPS) is 14.5. The van der Waals surface area contributed by atoms with E-state index in [2.05, 4.69) is 9.69 Å². The number of halogens is 3. The summed E-state index contributed by atoms with van der Waals surface area (Å²) in [4.78, 5) is 29.1. The van der Waals surface area contributed by atoms with Crippen molar-refractivity contribution in [2.24, 2.45) is 0 Å². The zero-order chi connectivity index (χ0) is 24.9. The van der Waals surface area contributed by atoms with E-state index in [0.717, 1.165) is 37.2 Å². The molecular formula is C25H24Cl2FN3O3S. The van der Waals surface area contributed by atoms with Gasteiger partial charge in [0.25, 0.3) is 5.91 Å². The van der Waals surface area contributed by atoms with Crippen LogP contribution < -0.4 is 15.0 Å². The van der Waals surface area contributed by atoms with Gasteiger partial charge < -0.3 is 10.1 Å². The van der Waals surface area contributed by atoms with E-state index in [1.54, 1.807) is 24.3 Å². The van der Waals surface area contributed by atoms with Gasteiger partial charge in [-0.2, -0.15) is 4.37 Å². The summed E-state index contributed by atoms with van der Waals surface area (Å²) in [5.74, 6) is -1.06. The quantitative estimate of drug-likeness (QED) is 0.360. The summed E-state index contributed by atoms with van der Waals surface area (Å²) in [7, 11) is 0. The Morgan fingerprint density at radius 1 is 1.17 bits per heavy atom. The molecule has 1 N–H and O–H groups in total. The number of hydrogen-bond donors (Lipinski definition) is 1. The van der Waals surface area contributed by atoms with Gasteiger partial charge in [0.1, 0.15) is 27.0 Å². The van der Waals surface area contributed by atoms with Crippen molar-refractivity contribution in [2.75, 3.05) is 11.5 Å². The van der Waals surface area contributed by atoms with Crippen molar-refractivity contribution in [2.45, 2.75) is 44.7 Å². The number of hydrogen-bond acceptors (Lipinski definition) is 5. The Labute approximate surface area is 217 Å². The van der Waals surface area contributed by atoms with Crippen LogP contribution in [0.15, 0.2) is 48.5 Å². The van der Waals surface area contributed by atoms with E-state index < -0.39 is 17.8 Å². The average molecular weight is 536 g/mol. The molecule has 4 rings (SSSR count). The monoisotopic (exact) mass is 535 g/mol. The second-order valence-corrected chi connectivity index (χ2v) is 9.89. The first-order valence-electron chi connectivity index (χ1n) is 11.3. The number of aromatic nitrogens is 1. The van der Waals surface area contributed by atoms with E-state index in [9.17, 15) is 14.0 Å². The number of amides is 2. The van der Waals surface area contributed by atoms with Crippen molar-refractivity contribution in [3.8, 4) is 5.75 Å². The van der Waals surface area contributed by atoms with E-state index >= 15 is 0 Å². The van der Waals surface area contributed by atoms with Crippen molar-refractivity contribution in [3.05, 3.63) is 75.0 Å². The Balaban J connectivity index is 1.88. The molecule has 1 aliphatic rings. The van der Waals surface area contributed by atoms with Crippen LogP contribution in [0.4, 0.5) is 10.1 Å². The zero-order valence-corrected chi connectivity index (χ0v) is 21.3. The number of para-hydroxylation sites is 2. The molecule has 184 valence electrons. The lowest BCUT2D eigenvalue weighted by molar-refractivity contribution is -0.123. The van der Waals surface area contributed by atoms with E-state index in [4.69, 9.17) is 27.9 Å². The molecule has 3 aromatic rings. The number of anilines is 1. The second-order valence-electron chi connectivity index (χ2n) is 8.14. The summed E-state index contributed by atoms with van der Waals surface area (Å²) >= 11 is 13.3. The number of nitrogens with zero attached hydrogens (tertiary/aromatic N) is 2. The minimum atomic E-state index is -1.14. The number of rotatable bonds is 8. The third-order valence-corrected chi connectivity index (χ3v) is 7.45. The number of carbonyl (C=O) groups excluding carboxylic acids is 2. The van der Waals surface area contributed by atoms with Gasteiger partial charge in [0.05, 0.1) is 12.3 Å². The summed E-state index contributed by atoms with van der Waals surface area (Å²) in [5.41, 5.74) is 0.711. The molecule has 2 amide bonds. The van der Waals surface area contributed by atoms with Gasteiger partial charge in [-0.3, -0.25) is 14.5 Å². The molecule has 35 heavy (non-hydrogen) atoms. The molecular weight excluding hydrogens is 512 g/mol. The molecule has 0 saturated heterocycles. The SMILES string of the molecule is CCOc1ccccc1N(C(=O)c1nsc(Cl)c1Cl)[C@@H](C(=O)NC1CCCC1)c1ccc(F)cc1. The Hall–Kier alpha value is -2.68. The lowest BCUT2D eigenvalue weighted by atomic mass is 10.0. The highest BCUT2D eigenvalue weighted by atomic mass is 35.5. The van der Waals surface area contributed by atoms with Gasteiger partial charge in [-0.1, -0.05) is 60.3 Å². The van der Waals surface area contributed by atoms with E-state index in [0.29, 0.717) is 23.6 Å². The van der Waals surface area contributed by atoms with Gasteiger partial charge in [0, 0.05) is 6.04 Å². The molecule has 2 aromatic carbocycles. The maximum absolute atomic E-state index is 14.0. The third kappa shape index (κ3) is 5.60. The first kappa shape index (κ1) is 25.4. The third-order valence-electron chi connectivity index (χ3n) is 5.84. The molecule has 1 aliphatic carbocycles. The number of benzene rings is 2. The molecule has 6 nitrogen and oxygen atoms in total. The van der Waals surface area contributed by atoms with Crippen LogP contribution >= 0.6 is 34.7 Å². The Morgan fingerprint density at radius 3 is 2.49 bits per heavy atom. The molecule has 1 atom stereocenters. The second kappa shape index (κ2) is 11.4. The highest BCUT2D eigenvalue weighted by molar-refractivity contribution is 7.11. The maximum atomic E-state index is 14.0. The van der Waals surface area contributed by atoms with Gasteiger partial charge in [0.2, 0.25) is 5.91 Å². The van der Waals surface area contributed by atoms with Crippen molar-refractivity contribution >= 4 is 52.2 Å². The van der Waals surface area contributed by atoms with Gasteiger partial charge in [-0.25, -0.2) is 4.39 Å². The molecule has 1 aromatic heterocycles. The Kier molecular flexibility index (Phi) is 8.26. The molecule has 0 bridgehead atoms. The minimum Gasteiger partial charge on any atom is -0.492 e. The van der Waals surface area contributed by atoms with E-state index in [1.807, 2.05) is 6.92 Å². The number of carbonyl (C=O) groups is 2. The van der Waals surface area contributed by atoms with Gasteiger partial charge >= 0.3 is 0 Å². The predicted octanol–water partition coefficient (Wildman–Crippen LogP) is 6.43. The summed E-state index contributed by atoms with van der Waals surface area (Å²) in [6.07, 6.45) is 3.77. The van der Waals surface area contributed by atoms with E-state index in [1.165, 1.54) is 29.2 Å². The topological polar surface area (TPSA) is 71.5 Å². The summed E-state index contributed by atoms with van der Waals surface area (Å²) in [5, 5.41) is 3.08. The fraction of sp³-hybridized carbons (Fsp3) is 0.320. The molecule has 0 aliphatic heterocycles. The molecule has 0 spiro atoms. The molecule has 1 fully saturated rings. The van der Waals surface area contributed by atoms with Crippen molar-refractivity contribution in [1.82, 2.24) is 9.69 Å². The lowest BCUT2D eigenvalue weighted by Gasteiger charge is -2.33. The van der Waals surface area contributed by atoms with Crippen LogP contribution in [0.25, 0.3) is 0 Å². The van der Waals surface area contributed by atoms with Crippen molar-refractivity contribution < 1.29 is 18.7 Å². The minimum absolute atomic E-state index is 0.00170. The fourth-order valence-corrected chi connectivity index (χ4v) is 5.21. The fourth-order valence-electron chi connectivity index (χ4n) is 4.22. The van der Waals surface area contributed by atoms with Crippen molar-refractivity contribution in [3.63, 3.8) is 0 Å². The molecule has 10 heteroatoms. The molecule has 1 saturated carbocycles. The lowest BCUT2D eigenvalue weighted by Crippen LogP contribution is -2.46.